The molecule has 1 aromatic carbocycles. The molecule has 1 aromatic heterocycles. The third-order valence-corrected chi connectivity index (χ3v) is 4.66. The van der Waals surface area contributed by atoms with Crippen LogP contribution in [0, 0.1) is 20.8 Å². The molecule has 108 valence electrons. The first-order chi connectivity index (χ1) is 9.38. The molecule has 0 spiro atoms. The Morgan fingerprint density at radius 1 is 1.20 bits per heavy atom. The molecule has 0 aliphatic rings. The molecule has 0 saturated carbocycles. The SMILES string of the molecule is Cc1cc(C)c(C)c(OC(c2ccc(Cl)s2)C(C)N)c1. The second-order valence-corrected chi connectivity index (χ2v) is 6.99. The molecule has 2 N–H and O–H groups in total. The minimum absolute atomic E-state index is 0.107. The first-order valence-electron chi connectivity index (χ1n) is 6.64. The van der Waals surface area contributed by atoms with Crippen molar-refractivity contribution in [1.82, 2.24) is 0 Å². The molecule has 0 radical (unpaired) electrons. The highest BCUT2D eigenvalue weighted by atomic mass is 35.5. The molecule has 0 saturated heterocycles. The lowest BCUT2D eigenvalue weighted by Gasteiger charge is -2.23. The molecular formula is C16H20ClNOS. The molecule has 0 aliphatic heterocycles. The number of hydrogen-bond acceptors (Lipinski definition) is 3. The molecule has 0 fully saturated rings. The van der Waals surface area contributed by atoms with Crippen molar-refractivity contribution < 1.29 is 4.74 Å². The monoisotopic (exact) mass is 309 g/mol. The quantitative estimate of drug-likeness (QED) is 0.881. The van der Waals surface area contributed by atoms with Crippen molar-refractivity contribution in [3.05, 3.63) is 50.2 Å². The number of nitrogens with two attached hydrogens (primary N) is 1. The molecule has 2 rings (SSSR count). The summed E-state index contributed by atoms with van der Waals surface area (Å²) < 4.78 is 6.95. The lowest BCUT2D eigenvalue weighted by molar-refractivity contribution is 0.182. The van der Waals surface area contributed by atoms with Gasteiger partial charge in [0.1, 0.15) is 11.9 Å². The predicted molar refractivity (Wildman–Crippen MR) is 87.0 cm³/mol. The number of halogens is 1. The second-order valence-electron chi connectivity index (χ2n) is 5.24. The van der Waals surface area contributed by atoms with Gasteiger partial charge in [-0.1, -0.05) is 17.7 Å². The van der Waals surface area contributed by atoms with Crippen LogP contribution in [0.5, 0.6) is 5.75 Å². The second kappa shape index (κ2) is 6.17. The predicted octanol–water partition coefficient (Wildman–Crippen LogP) is 4.79. The van der Waals surface area contributed by atoms with Gasteiger partial charge in [-0.25, -0.2) is 0 Å². The normalized spacial score (nSPS) is 14.1. The Morgan fingerprint density at radius 2 is 1.90 bits per heavy atom. The fraction of sp³-hybridized carbons (Fsp3) is 0.375. The Bertz CT molecular complexity index is 607. The topological polar surface area (TPSA) is 35.2 Å². The average molecular weight is 310 g/mol. The first-order valence-corrected chi connectivity index (χ1v) is 7.83. The maximum Gasteiger partial charge on any atom is 0.148 e. The van der Waals surface area contributed by atoms with Crippen LogP contribution in [-0.2, 0) is 0 Å². The van der Waals surface area contributed by atoms with Crippen molar-refractivity contribution in [2.24, 2.45) is 5.73 Å². The lowest BCUT2D eigenvalue weighted by atomic mass is 10.1. The molecule has 1 heterocycles. The van der Waals surface area contributed by atoms with Gasteiger partial charge < -0.3 is 10.5 Å². The van der Waals surface area contributed by atoms with E-state index < -0.39 is 0 Å². The molecule has 2 atom stereocenters. The van der Waals surface area contributed by atoms with E-state index >= 15 is 0 Å². The standard InChI is InChI=1S/C16H20ClNOS/c1-9-7-10(2)11(3)13(8-9)19-16(12(4)18)14-5-6-15(17)20-14/h5-8,12,16H,18H2,1-4H3. The zero-order valence-corrected chi connectivity index (χ0v) is 13.8. The highest BCUT2D eigenvalue weighted by Crippen LogP contribution is 2.34. The number of rotatable bonds is 4. The number of benzene rings is 1. The van der Waals surface area contributed by atoms with Crippen LogP contribution in [0.15, 0.2) is 24.3 Å². The zero-order valence-electron chi connectivity index (χ0n) is 12.2. The minimum atomic E-state index is -0.174. The molecule has 0 aliphatic carbocycles. The van der Waals surface area contributed by atoms with Crippen LogP contribution in [0.1, 0.15) is 34.6 Å². The molecule has 2 unspecified atom stereocenters. The third kappa shape index (κ3) is 3.35. The summed E-state index contributed by atoms with van der Waals surface area (Å²) in [5.74, 6) is 0.898. The maximum atomic E-state index is 6.19. The van der Waals surface area contributed by atoms with Crippen LogP contribution in [-0.4, -0.2) is 6.04 Å². The Labute approximate surface area is 129 Å². The maximum absolute atomic E-state index is 6.19. The average Bonchev–Trinajstić information content (AvgIpc) is 2.77. The Morgan fingerprint density at radius 3 is 2.45 bits per heavy atom. The van der Waals surface area contributed by atoms with E-state index in [0.29, 0.717) is 0 Å². The van der Waals surface area contributed by atoms with Crippen molar-refractivity contribution in [2.75, 3.05) is 0 Å². The summed E-state index contributed by atoms with van der Waals surface area (Å²) in [6, 6.07) is 7.98. The molecule has 2 nitrogen and oxygen atoms in total. The summed E-state index contributed by atoms with van der Waals surface area (Å²) in [4.78, 5) is 1.06. The van der Waals surface area contributed by atoms with Crippen LogP contribution >= 0.6 is 22.9 Å². The number of aryl methyl sites for hydroxylation is 2. The van der Waals surface area contributed by atoms with E-state index in [1.54, 1.807) is 0 Å². The molecule has 2 aromatic rings. The van der Waals surface area contributed by atoms with Gasteiger partial charge in [-0.15, -0.1) is 11.3 Å². The third-order valence-electron chi connectivity index (χ3n) is 3.37. The summed E-state index contributed by atoms with van der Waals surface area (Å²) in [5.41, 5.74) is 9.67. The molecular weight excluding hydrogens is 290 g/mol. The van der Waals surface area contributed by atoms with Crippen molar-refractivity contribution in [2.45, 2.75) is 39.8 Å². The van der Waals surface area contributed by atoms with Gasteiger partial charge in [-0.2, -0.15) is 0 Å². The largest absolute Gasteiger partial charge is 0.483 e. The van der Waals surface area contributed by atoms with Gasteiger partial charge in [-0.05, 0) is 62.6 Å². The summed E-state index contributed by atoms with van der Waals surface area (Å²) in [7, 11) is 0. The lowest BCUT2D eigenvalue weighted by Crippen LogP contribution is -2.28. The van der Waals surface area contributed by atoms with E-state index in [2.05, 4.69) is 32.9 Å². The van der Waals surface area contributed by atoms with Crippen LogP contribution in [0.4, 0.5) is 0 Å². The van der Waals surface area contributed by atoms with E-state index in [0.717, 1.165) is 20.5 Å². The van der Waals surface area contributed by atoms with E-state index in [1.807, 2.05) is 19.1 Å². The van der Waals surface area contributed by atoms with Crippen LogP contribution in [0.2, 0.25) is 4.34 Å². The summed E-state index contributed by atoms with van der Waals surface area (Å²) in [5, 5.41) is 0. The minimum Gasteiger partial charge on any atom is -0.483 e. The fourth-order valence-corrected chi connectivity index (χ4v) is 3.37. The summed E-state index contributed by atoms with van der Waals surface area (Å²) in [6.45, 7) is 8.19. The Kier molecular flexibility index (Phi) is 4.74. The van der Waals surface area contributed by atoms with Gasteiger partial charge in [0, 0.05) is 10.9 Å². The number of hydrogen-bond donors (Lipinski definition) is 1. The zero-order chi connectivity index (χ0) is 14.9. The van der Waals surface area contributed by atoms with Crippen LogP contribution in [0.25, 0.3) is 0 Å². The van der Waals surface area contributed by atoms with E-state index in [4.69, 9.17) is 22.1 Å². The van der Waals surface area contributed by atoms with Gasteiger partial charge >= 0.3 is 0 Å². The highest BCUT2D eigenvalue weighted by Gasteiger charge is 2.21. The van der Waals surface area contributed by atoms with Gasteiger partial charge in [0.05, 0.1) is 4.34 Å². The van der Waals surface area contributed by atoms with Crippen LogP contribution < -0.4 is 10.5 Å². The molecule has 20 heavy (non-hydrogen) atoms. The van der Waals surface area contributed by atoms with E-state index in [-0.39, 0.29) is 12.1 Å². The molecule has 0 amide bonds. The van der Waals surface area contributed by atoms with Gasteiger partial charge in [0.15, 0.2) is 0 Å². The van der Waals surface area contributed by atoms with E-state index in [1.165, 1.54) is 22.5 Å². The Balaban J connectivity index is 2.34. The van der Waals surface area contributed by atoms with Crippen molar-refractivity contribution in [3.8, 4) is 5.75 Å². The van der Waals surface area contributed by atoms with Crippen molar-refractivity contribution in [1.29, 1.82) is 0 Å². The van der Waals surface area contributed by atoms with Gasteiger partial charge in [0.2, 0.25) is 0 Å². The summed E-state index contributed by atoms with van der Waals surface area (Å²) in [6.07, 6.45) is -0.174. The fourth-order valence-electron chi connectivity index (χ4n) is 2.17. The summed E-state index contributed by atoms with van der Waals surface area (Å²) >= 11 is 7.53. The van der Waals surface area contributed by atoms with Gasteiger partial charge in [-0.3, -0.25) is 0 Å². The van der Waals surface area contributed by atoms with Crippen molar-refractivity contribution >= 4 is 22.9 Å². The highest BCUT2D eigenvalue weighted by molar-refractivity contribution is 7.16. The number of ether oxygens (including phenoxy) is 1. The van der Waals surface area contributed by atoms with Crippen molar-refractivity contribution in [3.63, 3.8) is 0 Å². The number of thiophene rings is 1. The molecule has 4 heteroatoms. The van der Waals surface area contributed by atoms with Crippen LogP contribution in [0.3, 0.4) is 0 Å². The first kappa shape index (κ1) is 15.4. The molecule has 0 bridgehead atoms. The smallest absolute Gasteiger partial charge is 0.148 e. The Hall–Kier alpha value is -1.03. The van der Waals surface area contributed by atoms with E-state index in [9.17, 15) is 0 Å². The van der Waals surface area contributed by atoms with Gasteiger partial charge in [0.25, 0.3) is 0 Å².